The lowest BCUT2D eigenvalue weighted by Crippen LogP contribution is -2.28. The average molecular weight is 387 g/mol. The van der Waals surface area contributed by atoms with Gasteiger partial charge in [-0.25, -0.2) is 9.97 Å². The van der Waals surface area contributed by atoms with Crippen molar-refractivity contribution >= 4 is 5.91 Å². The third-order valence-corrected chi connectivity index (χ3v) is 4.73. The molecule has 0 N–H and O–H groups in total. The van der Waals surface area contributed by atoms with E-state index in [0.717, 1.165) is 22.5 Å². The summed E-state index contributed by atoms with van der Waals surface area (Å²) in [6.45, 7) is 0.447. The first-order valence-corrected chi connectivity index (χ1v) is 9.15. The van der Waals surface area contributed by atoms with Crippen LogP contribution in [0.5, 0.6) is 0 Å². The van der Waals surface area contributed by atoms with Crippen LogP contribution in [-0.4, -0.2) is 47.2 Å². The number of aromatic nitrogens is 6. The van der Waals surface area contributed by atoms with Crippen molar-refractivity contribution in [3.63, 3.8) is 0 Å². The molecule has 0 unspecified atom stereocenters. The highest BCUT2D eigenvalue weighted by Crippen LogP contribution is 2.23. The lowest BCUT2D eigenvalue weighted by molar-refractivity contribution is 0.0774. The molecule has 4 heterocycles. The van der Waals surface area contributed by atoms with Crippen LogP contribution in [0.1, 0.15) is 16.2 Å². The van der Waals surface area contributed by atoms with Gasteiger partial charge in [0.15, 0.2) is 5.82 Å². The van der Waals surface area contributed by atoms with Gasteiger partial charge in [-0.15, -0.1) is 0 Å². The fourth-order valence-corrected chi connectivity index (χ4v) is 3.14. The van der Waals surface area contributed by atoms with Gasteiger partial charge in [0, 0.05) is 63.3 Å². The first-order chi connectivity index (χ1) is 14.0. The molecule has 0 bridgehead atoms. The second kappa shape index (κ2) is 7.67. The summed E-state index contributed by atoms with van der Waals surface area (Å²) in [4.78, 5) is 27.7. The predicted octanol–water partition coefficient (Wildman–Crippen LogP) is 2.55. The zero-order valence-electron chi connectivity index (χ0n) is 16.5. The summed E-state index contributed by atoms with van der Waals surface area (Å²) in [5.41, 5.74) is 4.01. The minimum atomic E-state index is -0.0724. The number of hydrogen-bond donors (Lipinski definition) is 0. The molecule has 0 saturated heterocycles. The van der Waals surface area contributed by atoms with Crippen molar-refractivity contribution in [3.05, 3.63) is 72.7 Å². The molecule has 29 heavy (non-hydrogen) atoms. The van der Waals surface area contributed by atoms with Crippen LogP contribution in [0.3, 0.4) is 0 Å². The number of pyridine rings is 1. The van der Waals surface area contributed by atoms with Crippen LogP contribution >= 0.6 is 0 Å². The summed E-state index contributed by atoms with van der Waals surface area (Å²) < 4.78 is 3.55. The predicted molar refractivity (Wildman–Crippen MR) is 109 cm³/mol. The van der Waals surface area contributed by atoms with Crippen LogP contribution in [-0.2, 0) is 20.6 Å². The lowest BCUT2D eigenvalue weighted by atomic mass is 10.2. The van der Waals surface area contributed by atoms with E-state index in [1.54, 1.807) is 41.4 Å². The summed E-state index contributed by atoms with van der Waals surface area (Å²) in [7, 11) is 5.48. The van der Waals surface area contributed by atoms with E-state index in [9.17, 15) is 4.79 Å². The molecule has 0 aromatic carbocycles. The van der Waals surface area contributed by atoms with Gasteiger partial charge in [-0.3, -0.25) is 14.5 Å². The van der Waals surface area contributed by atoms with Crippen molar-refractivity contribution in [2.45, 2.75) is 6.54 Å². The smallest absolute Gasteiger partial charge is 0.270 e. The standard InChI is InChI=1S/C21H21N7O/c1-26-13-15(16-11-23-20(24-12-16)18-7-9-25-28(18)3)10-19(26)21(29)27(2)14-17-6-4-5-8-22-17/h4-13H,14H2,1-3H3. The molecular formula is C21H21N7O. The number of carbonyl (C=O) groups excluding carboxylic acids is 1. The third-order valence-electron chi connectivity index (χ3n) is 4.73. The Morgan fingerprint density at radius 3 is 2.48 bits per heavy atom. The van der Waals surface area contributed by atoms with E-state index in [1.165, 1.54) is 0 Å². The number of carbonyl (C=O) groups is 1. The van der Waals surface area contributed by atoms with E-state index in [0.29, 0.717) is 18.1 Å². The Morgan fingerprint density at radius 2 is 1.83 bits per heavy atom. The van der Waals surface area contributed by atoms with Gasteiger partial charge in [0.1, 0.15) is 11.4 Å². The SMILES string of the molecule is CN(Cc1ccccn1)C(=O)c1cc(-c2cnc(-c3ccnn3C)nc2)cn1C. The van der Waals surface area contributed by atoms with Crippen molar-refractivity contribution in [1.82, 2.24) is 34.2 Å². The van der Waals surface area contributed by atoms with Crippen LogP contribution < -0.4 is 0 Å². The molecule has 1 amide bonds. The second-order valence-electron chi connectivity index (χ2n) is 6.84. The van der Waals surface area contributed by atoms with Gasteiger partial charge in [-0.05, 0) is 24.3 Å². The van der Waals surface area contributed by atoms with Crippen LogP contribution in [0.15, 0.2) is 61.3 Å². The van der Waals surface area contributed by atoms with Gasteiger partial charge >= 0.3 is 0 Å². The highest BCUT2D eigenvalue weighted by molar-refractivity contribution is 5.94. The van der Waals surface area contributed by atoms with Crippen LogP contribution in [0.25, 0.3) is 22.6 Å². The first kappa shape index (κ1) is 18.5. The monoisotopic (exact) mass is 387 g/mol. The van der Waals surface area contributed by atoms with Crippen molar-refractivity contribution in [1.29, 1.82) is 0 Å². The van der Waals surface area contributed by atoms with Gasteiger partial charge in [0.2, 0.25) is 0 Å². The summed E-state index contributed by atoms with van der Waals surface area (Å²) in [5.74, 6) is 0.535. The van der Waals surface area contributed by atoms with Crippen molar-refractivity contribution in [2.75, 3.05) is 7.05 Å². The quantitative estimate of drug-likeness (QED) is 0.526. The highest BCUT2D eigenvalue weighted by atomic mass is 16.2. The molecule has 0 atom stereocenters. The largest absolute Gasteiger partial charge is 0.346 e. The summed E-state index contributed by atoms with van der Waals surface area (Å²) in [6.07, 6.45) is 8.87. The molecule has 4 aromatic heterocycles. The fraction of sp³-hybridized carbons (Fsp3) is 0.190. The van der Waals surface area contributed by atoms with Gasteiger partial charge in [-0.1, -0.05) is 6.07 Å². The molecule has 0 radical (unpaired) electrons. The lowest BCUT2D eigenvalue weighted by Gasteiger charge is -2.16. The topological polar surface area (TPSA) is 81.7 Å². The number of rotatable bonds is 5. The van der Waals surface area contributed by atoms with Crippen LogP contribution in [0, 0.1) is 0 Å². The molecular weight excluding hydrogens is 366 g/mol. The molecule has 0 aliphatic carbocycles. The van der Waals surface area contributed by atoms with E-state index in [4.69, 9.17) is 0 Å². The Balaban J connectivity index is 1.54. The molecule has 146 valence electrons. The summed E-state index contributed by atoms with van der Waals surface area (Å²) in [5, 5.41) is 4.14. The number of aryl methyl sites for hydroxylation is 2. The zero-order chi connectivity index (χ0) is 20.4. The van der Waals surface area contributed by atoms with E-state index in [2.05, 4.69) is 20.1 Å². The zero-order valence-corrected chi connectivity index (χ0v) is 16.5. The molecule has 4 aromatic rings. The van der Waals surface area contributed by atoms with Crippen molar-refractivity contribution < 1.29 is 4.79 Å². The molecule has 0 aliphatic rings. The molecule has 4 rings (SSSR count). The Labute approximate surface area is 168 Å². The van der Waals surface area contributed by atoms with Gasteiger partial charge in [-0.2, -0.15) is 5.10 Å². The maximum absolute atomic E-state index is 12.9. The molecule has 0 spiro atoms. The van der Waals surface area contributed by atoms with Gasteiger partial charge in [0.05, 0.1) is 12.2 Å². The van der Waals surface area contributed by atoms with Crippen molar-refractivity contribution in [3.8, 4) is 22.6 Å². The normalized spacial score (nSPS) is 10.9. The number of nitrogens with zero attached hydrogens (tertiary/aromatic N) is 7. The number of hydrogen-bond acceptors (Lipinski definition) is 5. The van der Waals surface area contributed by atoms with Crippen molar-refractivity contribution in [2.24, 2.45) is 14.1 Å². The molecule has 8 nitrogen and oxygen atoms in total. The van der Waals surface area contributed by atoms with E-state index in [-0.39, 0.29) is 5.91 Å². The molecule has 0 fully saturated rings. The maximum Gasteiger partial charge on any atom is 0.270 e. The first-order valence-electron chi connectivity index (χ1n) is 9.15. The summed E-state index contributed by atoms with van der Waals surface area (Å²) in [6, 6.07) is 9.40. The van der Waals surface area contributed by atoms with Crippen LogP contribution in [0.4, 0.5) is 0 Å². The molecule has 8 heteroatoms. The Hall–Kier alpha value is -3.81. The maximum atomic E-state index is 12.9. The molecule has 0 saturated carbocycles. The van der Waals surface area contributed by atoms with E-state index in [1.807, 2.05) is 55.2 Å². The third kappa shape index (κ3) is 3.77. The second-order valence-corrected chi connectivity index (χ2v) is 6.84. The average Bonchev–Trinajstić information content (AvgIpc) is 3.34. The van der Waals surface area contributed by atoms with Gasteiger partial charge in [0.25, 0.3) is 5.91 Å². The van der Waals surface area contributed by atoms with E-state index < -0.39 is 0 Å². The number of amides is 1. The molecule has 0 aliphatic heterocycles. The highest BCUT2D eigenvalue weighted by Gasteiger charge is 2.18. The Kier molecular flexibility index (Phi) is 4.90. The van der Waals surface area contributed by atoms with Gasteiger partial charge < -0.3 is 9.47 Å². The fourth-order valence-electron chi connectivity index (χ4n) is 3.14. The van der Waals surface area contributed by atoms with Crippen LogP contribution in [0.2, 0.25) is 0 Å². The minimum absolute atomic E-state index is 0.0724. The Bertz CT molecular complexity index is 1130. The summed E-state index contributed by atoms with van der Waals surface area (Å²) >= 11 is 0. The minimum Gasteiger partial charge on any atom is -0.346 e. The van der Waals surface area contributed by atoms with E-state index >= 15 is 0 Å². The Morgan fingerprint density at radius 1 is 1.03 bits per heavy atom.